The van der Waals surface area contributed by atoms with Gasteiger partial charge in [0.05, 0.1) is 11.2 Å². The number of fused-ring (bicyclic) bond motifs is 1. The molecule has 0 spiro atoms. The highest BCUT2D eigenvalue weighted by atomic mass is 35.5. The average molecular weight is 383 g/mol. The summed E-state index contributed by atoms with van der Waals surface area (Å²) in [4.78, 5) is 15.8. The number of rotatable bonds is 3. The molecule has 3 aromatic heterocycles. The number of aromatic amines is 1. The van der Waals surface area contributed by atoms with Gasteiger partial charge in [-0.25, -0.2) is 19.3 Å². The molecule has 0 amide bonds. The van der Waals surface area contributed by atoms with Crippen LogP contribution in [-0.2, 0) is 0 Å². The van der Waals surface area contributed by atoms with Gasteiger partial charge in [0.1, 0.15) is 5.65 Å². The number of nitrogens with zero attached hydrogens (tertiary/aromatic N) is 3. The summed E-state index contributed by atoms with van der Waals surface area (Å²) >= 11 is 6.02. The van der Waals surface area contributed by atoms with Crippen LogP contribution in [-0.4, -0.2) is 39.1 Å². The Bertz CT molecular complexity index is 878. The molecule has 4 heterocycles. The monoisotopic (exact) mass is 382 g/mol. The molecular formula is C16H17Cl2FN6. The van der Waals surface area contributed by atoms with Gasteiger partial charge in [-0.3, -0.25) is 0 Å². The van der Waals surface area contributed by atoms with Crippen molar-refractivity contribution >= 4 is 40.9 Å². The third-order valence-electron chi connectivity index (χ3n) is 4.12. The Morgan fingerprint density at radius 1 is 1.28 bits per heavy atom. The van der Waals surface area contributed by atoms with E-state index >= 15 is 0 Å². The van der Waals surface area contributed by atoms with Gasteiger partial charge in [0.25, 0.3) is 0 Å². The Balaban J connectivity index is 0.00000182. The Hall–Kier alpha value is -1.96. The van der Waals surface area contributed by atoms with E-state index in [9.17, 15) is 4.39 Å². The Morgan fingerprint density at radius 3 is 2.96 bits per heavy atom. The fourth-order valence-corrected chi connectivity index (χ4v) is 3.09. The van der Waals surface area contributed by atoms with Crippen LogP contribution < -0.4 is 10.6 Å². The van der Waals surface area contributed by atoms with Gasteiger partial charge in [0.2, 0.25) is 0 Å². The maximum Gasteiger partial charge on any atom is 0.183 e. The molecule has 1 aliphatic rings. The quantitative estimate of drug-likeness (QED) is 0.646. The molecule has 6 nitrogen and oxygen atoms in total. The Kier molecular flexibility index (Phi) is 5.36. The van der Waals surface area contributed by atoms with Crippen LogP contribution in [0.3, 0.4) is 0 Å². The van der Waals surface area contributed by atoms with E-state index in [-0.39, 0.29) is 24.3 Å². The number of nitrogens with one attached hydrogen (secondary N) is 3. The molecule has 1 saturated heterocycles. The third kappa shape index (κ3) is 3.68. The van der Waals surface area contributed by atoms with Gasteiger partial charge < -0.3 is 15.6 Å². The molecule has 132 valence electrons. The lowest BCUT2D eigenvalue weighted by atomic mass is 10.1. The van der Waals surface area contributed by atoms with Gasteiger partial charge in [-0.1, -0.05) is 11.6 Å². The van der Waals surface area contributed by atoms with Crippen LogP contribution in [0.2, 0.25) is 5.02 Å². The van der Waals surface area contributed by atoms with Crippen LogP contribution in [0.1, 0.15) is 12.8 Å². The first-order valence-electron chi connectivity index (χ1n) is 7.83. The summed E-state index contributed by atoms with van der Waals surface area (Å²) in [5.74, 6) is 0.191. The second-order valence-electron chi connectivity index (χ2n) is 5.83. The minimum absolute atomic E-state index is 0. The van der Waals surface area contributed by atoms with E-state index in [4.69, 9.17) is 11.6 Å². The second kappa shape index (κ2) is 7.51. The molecular weight excluding hydrogens is 366 g/mol. The van der Waals surface area contributed by atoms with Gasteiger partial charge in [0, 0.05) is 35.9 Å². The summed E-state index contributed by atoms with van der Waals surface area (Å²) in [6, 6.07) is 1.95. The summed E-state index contributed by atoms with van der Waals surface area (Å²) in [6.07, 6.45) is 6.56. The summed E-state index contributed by atoms with van der Waals surface area (Å²) < 4.78 is 14.1. The number of halogens is 3. The molecule has 0 aromatic carbocycles. The number of H-pyrrole nitrogens is 1. The Morgan fingerprint density at radius 2 is 2.16 bits per heavy atom. The highest BCUT2D eigenvalue weighted by Crippen LogP contribution is 2.28. The normalized spacial score (nSPS) is 17.3. The lowest BCUT2D eigenvalue weighted by molar-refractivity contribution is 0.476. The molecule has 1 unspecified atom stereocenters. The zero-order valence-corrected chi connectivity index (χ0v) is 14.8. The van der Waals surface area contributed by atoms with Gasteiger partial charge in [0.15, 0.2) is 17.5 Å². The van der Waals surface area contributed by atoms with E-state index in [0.29, 0.717) is 16.5 Å². The first kappa shape index (κ1) is 17.8. The smallest absolute Gasteiger partial charge is 0.183 e. The van der Waals surface area contributed by atoms with E-state index in [1.807, 2.05) is 0 Å². The molecule has 0 bridgehead atoms. The van der Waals surface area contributed by atoms with E-state index in [1.165, 1.54) is 6.20 Å². The zero-order valence-electron chi connectivity index (χ0n) is 13.2. The highest BCUT2D eigenvalue weighted by molar-refractivity contribution is 6.31. The van der Waals surface area contributed by atoms with Crippen LogP contribution >= 0.6 is 24.0 Å². The molecule has 0 saturated carbocycles. The standard InChI is InChI=1S/C16H16ClFN6.ClH/c17-9-4-11-12(7-21-14(11)20-5-9)15-22-8-13(18)16(24-15)23-10-2-1-3-19-6-10;/h4-5,7-8,10,19H,1-3,6H2,(H,20,21)(H,22,23,24);1H. The van der Waals surface area contributed by atoms with Crippen molar-refractivity contribution in [3.05, 3.63) is 35.5 Å². The number of aromatic nitrogens is 4. The third-order valence-corrected chi connectivity index (χ3v) is 4.33. The average Bonchev–Trinajstić information content (AvgIpc) is 3.01. The minimum atomic E-state index is -0.458. The van der Waals surface area contributed by atoms with Crippen molar-refractivity contribution in [2.45, 2.75) is 18.9 Å². The zero-order chi connectivity index (χ0) is 16.5. The van der Waals surface area contributed by atoms with Crippen LogP contribution in [0.5, 0.6) is 0 Å². The van der Waals surface area contributed by atoms with Crippen LogP contribution in [0.15, 0.2) is 24.7 Å². The van der Waals surface area contributed by atoms with Crippen molar-refractivity contribution in [1.29, 1.82) is 0 Å². The van der Waals surface area contributed by atoms with Gasteiger partial charge in [-0.2, -0.15) is 0 Å². The molecule has 1 aliphatic heterocycles. The molecule has 9 heteroatoms. The molecule has 3 N–H and O–H groups in total. The van der Waals surface area contributed by atoms with Gasteiger partial charge in [-0.05, 0) is 25.5 Å². The second-order valence-corrected chi connectivity index (χ2v) is 6.27. The van der Waals surface area contributed by atoms with Crippen molar-refractivity contribution in [2.75, 3.05) is 18.4 Å². The molecule has 3 aromatic rings. The lowest BCUT2D eigenvalue weighted by Gasteiger charge is -2.24. The summed E-state index contributed by atoms with van der Waals surface area (Å²) in [5, 5.41) is 7.79. The molecule has 4 rings (SSSR count). The fraction of sp³-hybridized carbons (Fsp3) is 0.312. The Labute approximate surface area is 155 Å². The maximum absolute atomic E-state index is 14.1. The van der Waals surface area contributed by atoms with Crippen molar-refractivity contribution in [2.24, 2.45) is 0 Å². The van der Waals surface area contributed by atoms with E-state index < -0.39 is 5.82 Å². The first-order valence-corrected chi connectivity index (χ1v) is 8.21. The summed E-state index contributed by atoms with van der Waals surface area (Å²) in [5.41, 5.74) is 1.43. The van der Waals surface area contributed by atoms with Crippen LogP contribution in [0.25, 0.3) is 22.4 Å². The number of piperidine rings is 1. The van der Waals surface area contributed by atoms with Crippen molar-refractivity contribution in [3.63, 3.8) is 0 Å². The van der Waals surface area contributed by atoms with E-state index in [0.717, 1.165) is 36.9 Å². The fourth-order valence-electron chi connectivity index (χ4n) is 2.93. The van der Waals surface area contributed by atoms with E-state index in [1.54, 1.807) is 18.5 Å². The van der Waals surface area contributed by atoms with Crippen molar-refractivity contribution in [1.82, 2.24) is 25.3 Å². The number of hydrogen-bond donors (Lipinski definition) is 3. The number of anilines is 1. The maximum atomic E-state index is 14.1. The number of hydrogen-bond acceptors (Lipinski definition) is 5. The first-order chi connectivity index (χ1) is 11.7. The molecule has 0 radical (unpaired) electrons. The van der Waals surface area contributed by atoms with Crippen molar-refractivity contribution < 1.29 is 4.39 Å². The lowest BCUT2D eigenvalue weighted by Crippen LogP contribution is -2.38. The molecule has 25 heavy (non-hydrogen) atoms. The van der Waals surface area contributed by atoms with E-state index in [2.05, 4.69) is 30.6 Å². The highest BCUT2D eigenvalue weighted by Gasteiger charge is 2.17. The number of pyridine rings is 1. The van der Waals surface area contributed by atoms with Gasteiger partial charge in [-0.15, -0.1) is 12.4 Å². The predicted molar refractivity (Wildman–Crippen MR) is 98.9 cm³/mol. The molecule has 0 aliphatic carbocycles. The topological polar surface area (TPSA) is 78.5 Å². The molecule has 1 fully saturated rings. The minimum Gasteiger partial charge on any atom is -0.364 e. The summed E-state index contributed by atoms with van der Waals surface area (Å²) in [6.45, 7) is 1.80. The van der Waals surface area contributed by atoms with Crippen molar-refractivity contribution in [3.8, 4) is 11.4 Å². The van der Waals surface area contributed by atoms with Gasteiger partial charge >= 0.3 is 0 Å². The predicted octanol–water partition coefficient (Wildman–Crippen LogP) is 3.40. The molecule has 1 atom stereocenters. The SMILES string of the molecule is Cl.Fc1cnc(-c2c[nH]c3ncc(Cl)cc23)nc1NC1CCCNC1. The largest absolute Gasteiger partial charge is 0.364 e. The summed E-state index contributed by atoms with van der Waals surface area (Å²) in [7, 11) is 0. The van der Waals surface area contributed by atoms with Crippen LogP contribution in [0.4, 0.5) is 10.2 Å². The van der Waals surface area contributed by atoms with Crippen LogP contribution in [0, 0.1) is 5.82 Å².